The third-order valence-electron chi connectivity index (χ3n) is 17.4. The van der Waals surface area contributed by atoms with Crippen molar-refractivity contribution in [2.75, 3.05) is 4.90 Å². The lowest BCUT2D eigenvalue weighted by atomic mass is 9.82. The van der Waals surface area contributed by atoms with Gasteiger partial charge in [0.2, 0.25) is 5.95 Å². The Kier molecular flexibility index (Phi) is 11.2. The van der Waals surface area contributed by atoms with E-state index in [1.165, 1.54) is 72.3 Å². The molecule has 0 saturated heterocycles. The molecule has 0 saturated carbocycles. The third kappa shape index (κ3) is 8.02. The molecular formula is C76H57N5. The maximum Gasteiger partial charge on any atom is 0.238 e. The summed E-state index contributed by atoms with van der Waals surface area (Å²) >= 11 is 0. The third-order valence-corrected chi connectivity index (χ3v) is 17.4. The number of hydrogen-bond donors (Lipinski definition) is 0. The zero-order valence-corrected chi connectivity index (χ0v) is 45.8. The van der Waals surface area contributed by atoms with Crippen molar-refractivity contribution in [3.05, 3.63) is 289 Å². The molecule has 81 heavy (non-hydrogen) atoms. The zero-order chi connectivity index (χ0) is 54.4. The number of para-hydroxylation sites is 1. The Hall–Kier alpha value is -9.97. The molecule has 2 aliphatic rings. The summed E-state index contributed by atoms with van der Waals surface area (Å²) in [5.74, 6) is 1.85. The molecule has 13 aromatic rings. The highest BCUT2D eigenvalue weighted by molar-refractivity contribution is 6.12. The summed E-state index contributed by atoms with van der Waals surface area (Å²) in [6.07, 6.45) is 0. The average Bonchev–Trinajstić information content (AvgIpc) is 4.11. The van der Waals surface area contributed by atoms with E-state index in [1.54, 1.807) is 0 Å². The van der Waals surface area contributed by atoms with Crippen LogP contribution in [0, 0.1) is 0 Å². The highest BCUT2D eigenvalue weighted by Gasteiger charge is 2.38. The predicted molar refractivity (Wildman–Crippen MR) is 335 cm³/mol. The van der Waals surface area contributed by atoms with Crippen molar-refractivity contribution in [3.63, 3.8) is 0 Å². The molecule has 0 unspecified atom stereocenters. The maximum absolute atomic E-state index is 5.50. The van der Waals surface area contributed by atoms with Gasteiger partial charge in [0.05, 0.1) is 11.0 Å². The molecule has 0 fully saturated rings. The minimum absolute atomic E-state index is 0.180. The van der Waals surface area contributed by atoms with Gasteiger partial charge < -0.3 is 4.90 Å². The molecule has 0 spiro atoms. The Bertz CT molecular complexity index is 4580. The number of anilines is 2. The van der Waals surface area contributed by atoms with Crippen LogP contribution in [0.3, 0.4) is 0 Å². The summed E-state index contributed by atoms with van der Waals surface area (Å²) in [5.41, 5.74) is 24.5. The molecule has 15 rings (SSSR count). The van der Waals surface area contributed by atoms with Gasteiger partial charge in [-0.3, -0.25) is 4.57 Å². The molecular weight excluding hydrogens is 983 g/mol. The molecule has 5 nitrogen and oxygen atoms in total. The summed E-state index contributed by atoms with van der Waals surface area (Å²) in [6.45, 7) is 10.0. The van der Waals surface area contributed by atoms with Crippen molar-refractivity contribution in [2.24, 2.45) is 0 Å². The molecule has 2 aliphatic carbocycles. The summed E-state index contributed by atoms with van der Waals surface area (Å²) in [4.78, 5) is 18.6. The van der Waals surface area contributed by atoms with Crippen molar-refractivity contribution >= 4 is 33.2 Å². The van der Waals surface area contributed by atoms with Gasteiger partial charge in [0.1, 0.15) is 0 Å². The molecule has 0 aliphatic heterocycles. The summed E-state index contributed by atoms with van der Waals surface area (Å²) in [7, 11) is 0. The average molecular weight is 1040 g/mol. The Morgan fingerprint density at radius 2 is 0.815 bits per heavy atom. The number of nitrogens with zero attached hydrogens (tertiary/aromatic N) is 5. The summed E-state index contributed by atoms with van der Waals surface area (Å²) in [6, 6.07) is 94.7. The Morgan fingerprint density at radius 3 is 1.49 bits per heavy atom. The number of hydrogen-bond acceptors (Lipinski definition) is 4. The van der Waals surface area contributed by atoms with Crippen LogP contribution in [0.1, 0.15) is 55.5 Å². The van der Waals surface area contributed by atoms with E-state index in [9.17, 15) is 0 Å². The molecule has 0 amide bonds. The first-order valence-electron chi connectivity index (χ1n) is 28.1. The van der Waals surface area contributed by atoms with E-state index in [0.717, 1.165) is 55.4 Å². The number of aromatic nitrogens is 4. The lowest BCUT2D eigenvalue weighted by Gasteiger charge is -2.28. The van der Waals surface area contributed by atoms with Crippen molar-refractivity contribution in [1.82, 2.24) is 19.5 Å². The van der Waals surface area contributed by atoms with Crippen molar-refractivity contribution in [1.29, 1.82) is 0 Å². The van der Waals surface area contributed by atoms with Gasteiger partial charge in [0.15, 0.2) is 11.6 Å². The van der Waals surface area contributed by atoms with Crippen LogP contribution < -0.4 is 4.90 Å². The van der Waals surface area contributed by atoms with E-state index in [2.05, 4.69) is 292 Å². The van der Waals surface area contributed by atoms with Gasteiger partial charge in [-0.1, -0.05) is 240 Å². The monoisotopic (exact) mass is 1040 g/mol. The van der Waals surface area contributed by atoms with E-state index < -0.39 is 0 Å². The summed E-state index contributed by atoms with van der Waals surface area (Å²) in [5, 5.41) is 2.29. The van der Waals surface area contributed by atoms with Crippen molar-refractivity contribution in [3.8, 4) is 84.4 Å². The Morgan fingerprint density at radius 1 is 0.333 bits per heavy atom. The van der Waals surface area contributed by atoms with E-state index in [4.69, 9.17) is 15.0 Å². The lowest BCUT2D eigenvalue weighted by molar-refractivity contribution is 0.660. The molecule has 0 N–H and O–H groups in total. The van der Waals surface area contributed by atoms with Crippen molar-refractivity contribution < 1.29 is 0 Å². The molecule has 2 aromatic heterocycles. The van der Waals surface area contributed by atoms with Crippen molar-refractivity contribution in [2.45, 2.75) is 45.1 Å². The van der Waals surface area contributed by atoms with Gasteiger partial charge >= 0.3 is 0 Å². The molecule has 386 valence electrons. The predicted octanol–water partition coefficient (Wildman–Crippen LogP) is 19.3. The van der Waals surface area contributed by atoms with Crippen LogP contribution in [0.15, 0.2) is 261 Å². The molecule has 0 radical (unpaired) electrons. The normalized spacial score (nSPS) is 13.4. The number of rotatable bonds is 10. The fourth-order valence-electron chi connectivity index (χ4n) is 13.1. The molecule has 2 heterocycles. The number of benzene rings is 11. The van der Waals surface area contributed by atoms with Gasteiger partial charge in [0, 0.05) is 56.2 Å². The van der Waals surface area contributed by atoms with E-state index in [-0.39, 0.29) is 10.8 Å². The largest absolute Gasteiger partial charge is 0.336 e. The highest BCUT2D eigenvalue weighted by atomic mass is 15.2. The zero-order valence-electron chi connectivity index (χ0n) is 45.8. The van der Waals surface area contributed by atoms with Crippen LogP contribution >= 0.6 is 0 Å². The SMILES string of the molecule is CC1(C)c2ccccc2-c2ccc(-c3nc(-c4ccccc4)nc(-n4c5ccc(-c6ccc(CN(c7ccc(-c8ccccc8)cc7)c7ccccc7-c7ccccc7)cc6)cc5c5cc6c(cc54)C(C)(C)c4ccccc4-6)n3)cc21. The lowest BCUT2D eigenvalue weighted by Crippen LogP contribution is -2.17. The van der Waals surface area contributed by atoms with Gasteiger partial charge in [-0.05, 0) is 126 Å². The van der Waals surface area contributed by atoms with Gasteiger partial charge in [-0.25, -0.2) is 4.98 Å². The second-order valence-electron chi connectivity index (χ2n) is 22.8. The van der Waals surface area contributed by atoms with E-state index in [0.29, 0.717) is 24.1 Å². The first-order valence-corrected chi connectivity index (χ1v) is 28.1. The number of fused-ring (bicyclic) bond motifs is 9. The van der Waals surface area contributed by atoms with E-state index >= 15 is 0 Å². The fourth-order valence-corrected chi connectivity index (χ4v) is 13.1. The van der Waals surface area contributed by atoms with Crippen LogP contribution in [-0.2, 0) is 17.4 Å². The second kappa shape index (κ2) is 18.9. The standard InChI is InChI=1S/C76H57N5/c1-75(2)65-29-17-14-27-59(65)61-42-38-56(45-67(61)75)73-77-72(54-24-12-7-13-25-54)78-74(79-73)81-70-43-39-55(44-63(70)64-46-62-60-28-15-18-30-66(60)76(3,4)68(62)47-71(64)81)52-34-32-49(33-35-52)48-80(57-40-36-51(37-41-57)50-20-8-5-9-21-50)69-31-19-16-26-58(69)53-22-10-6-11-23-53/h5-47H,48H2,1-4H3. The molecule has 5 heteroatoms. The Balaban J connectivity index is 0.861. The van der Waals surface area contributed by atoms with Crippen LogP contribution in [0.4, 0.5) is 11.4 Å². The molecule has 11 aromatic carbocycles. The van der Waals surface area contributed by atoms with Gasteiger partial charge in [-0.15, -0.1) is 0 Å². The van der Waals surface area contributed by atoms with Gasteiger partial charge in [-0.2, -0.15) is 9.97 Å². The van der Waals surface area contributed by atoms with Crippen LogP contribution in [0.2, 0.25) is 0 Å². The van der Waals surface area contributed by atoms with E-state index in [1.807, 2.05) is 6.07 Å². The van der Waals surface area contributed by atoms with Crippen LogP contribution in [-0.4, -0.2) is 19.5 Å². The highest BCUT2D eigenvalue weighted by Crippen LogP contribution is 2.52. The topological polar surface area (TPSA) is 46.8 Å². The first-order chi connectivity index (χ1) is 39.7. The first kappa shape index (κ1) is 48.2. The smallest absolute Gasteiger partial charge is 0.238 e. The minimum atomic E-state index is -0.215. The minimum Gasteiger partial charge on any atom is -0.336 e. The maximum atomic E-state index is 5.50. The second-order valence-corrected chi connectivity index (χ2v) is 22.8. The van der Waals surface area contributed by atoms with Gasteiger partial charge in [0.25, 0.3) is 0 Å². The van der Waals surface area contributed by atoms with Crippen LogP contribution in [0.5, 0.6) is 0 Å². The van der Waals surface area contributed by atoms with Crippen LogP contribution in [0.25, 0.3) is 106 Å². The fraction of sp³-hybridized carbons (Fsp3) is 0.0921. The Labute approximate surface area is 473 Å². The quantitative estimate of drug-likeness (QED) is 0.137. The molecule has 0 atom stereocenters. The molecule has 0 bridgehead atoms. The summed E-state index contributed by atoms with van der Waals surface area (Å²) < 4.78 is 2.29.